The van der Waals surface area contributed by atoms with Crippen LogP contribution in [0.2, 0.25) is 0 Å². The van der Waals surface area contributed by atoms with E-state index in [0.717, 1.165) is 17.0 Å². The summed E-state index contributed by atoms with van der Waals surface area (Å²) >= 11 is 0. The first kappa shape index (κ1) is 11.2. The van der Waals surface area contributed by atoms with Gasteiger partial charge in [-0.3, -0.25) is 0 Å². The zero-order valence-electron chi connectivity index (χ0n) is 9.43. The first-order valence-corrected chi connectivity index (χ1v) is 5.20. The van der Waals surface area contributed by atoms with E-state index >= 15 is 0 Å². The van der Waals surface area contributed by atoms with Gasteiger partial charge in [0, 0.05) is 11.3 Å². The van der Waals surface area contributed by atoms with E-state index in [2.05, 4.69) is 14.7 Å². The molecule has 1 aromatic heterocycles. The molecule has 0 aliphatic rings. The molecule has 5 nitrogen and oxygen atoms in total. The molecule has 0 aliphatic heterocycles. The molecule has 0 fully saturated rings. The van der Waals surface area contributed by atoms with Crippen molar-refractivity contribution in [1.29, 1.82) is 0 Å². The number of ether oxygens (including phenoxy) is 1. The van der Waals surface area contributed by atoms with Crippen LogP contribution >= 0.6 is 0 Å². The summed E-state index contributed by atoms with van der Waals surface area (Å²) in [5.74, 6) is 0.583. The molecule has 0 saturated heterocycles. The Morgan fingerprint density at radius 3 is 2.76 bits per heavy atom. The molecule has 17 heavy (non-hydrogen) atoms. The van der Waals surface area contributed by atoms with Gasteiger partial charge in [-0.1, -0.05) is 30.3 Å². The van der Waals surface area contributed by atoms with Crippen LogP contribution in [0.4, 0.5) is 4.79 Å². The lowest BCUT2D eigenvalue weighted by Crippen LogP contribution is -2.13. The summed E-state index contributed by atoms with van der Waals surface area (Å²) in [7, 11) is 0. The lowest BCUT2D eigenvalue weighted by molar-refractivity contribution is 0.147. The fourth-order valence-electron chi connectivity index (χ4n) is 1.61. The number of aromatic nitrogens is 2. The quantitative estimate of drug-likeness (QED) is 0.847. The van der Waals surface area contributed by atoms with Crippen molar-refractivity contribution in [2.45, 2.75) is 13.5 Å². The van der Waals surface area contributed by atoms with Crippen molar-refractivity contribution in [2.24, 2.45) is 5.73 Å². The predicted molar refractivity (Wildman–Crippen MR) is 63.1 cm³/mol. The number of carbonyl (C=O) groups excluding carboxylic acids is 1. The number of primary amides is 1. The number of nitrogens with zero attached hydrogens (tertiary/aromatic N) is 1. The monoisotopic (exact) mass is 231 g/mol. The van der Waals surface area contributed by atoms with Gasteiger partial charge >= 0.3 is 6.09 Å². The normalized spacial score (nSPS) is 10.2. The Balaban J connectivity index is 2.22. The highest BCUT2D eigenvalue weighted by atomic mass is 16.5. The maximum Gasteiger partial charge on any atom is 0.404 e. The van der Waals surface area contributed by atoms with Crippen LogP contribution in [0.15, 0.2) is 30.3 Å². The number of aromatic amines is 1. The Labute approximate surface area is 98.6 Å². The number of amides is 1. The number of aryl methyl sites for hydroxylation is 1. The molecule has 88 valence electrons. The van der Waals surface area contributed by atoms with E-state index in [1.165, 1.54) is 0 Å². The summed E-state index contributed by atoms with van der Waals surface area (Å²) < 4.78 is 4.68. The van der Waals surface area contributed by atoms with Crippen LogP contribution in [0.25, 0.3) is 11.3 Å². The molecule has 0 bridgehead atoms. The largest absolute Gasteiger partial charge is 0.442 e. The Kier molecular flexibility index (Phi) is 3.09. The maximum atomic E-state index is 10.5. The number of benzene rings is 1. The minimum absolute atomic E-state index is 0.0585. The standard InChI is InChI=1S/C12H13N3O2/c1-8-11(9-5-3-2-4-6-9)15-10(14-8)7-17-12(13)16/h2-6H,7H2,1H3,(H2,13,16)(H,14,15). The summed E-state index contributed by atoms with van der Waals surface area (Å²) in [6.45, 7) is 1.98. The summed E-state index contributed by atoms with van der Waals surface area (Å²) in [4.78, 5) is 17.9. The van der Waals surface area contributed by atoms with Gasteiger partial charge in [0.25, 0.3) is 0 Å². The smallest absolute Gasteiger partial charge is 0.404 e. The molecule has 2 rings (SSSR count). The number of nitrogens with two attached hydrogens (primary N) is 1. The predicted octanol–water partition coefficient (Wildman–Crippen LogP) is 1.98. The van der Waals surface area contributed by atoms with Crippen LogP contribution in [0.1, 0.15) is 11.5 Å². The van der Waals surface area contributed by atoms with Gasteiger partial charge in [0.05, 0.1) is 5.69 Å². The molecule has 0 spiro atoms. The Hall–Kier alpha value is -2.30. The van der Waals surface area contributed by atoms with Gasteiger partial charge in [-0.15, -0.1) is 0 Å². The van der Waals surface area contributed by atoms with Gasteiger partial charge in [-0.25, -0.2) is 9.78 Å². The average molecular weight is 231 g/mol. The molecule has 1 amide bonds. The summed E-state index contributed by atoms with van der Waals surface area (Å²) in [6.07, 6.45) is -0.805. The van der Waals surface area contributed by atoms with Gasteiger partial charge in [0.2, 0.25) is 0 Å². The average Bonchev–Trinajstić information content (AvgIpc) is 2.69. The van der Waals surface area contributed by atoms with Crippen LogP contribution in [-0.2, 0) is 11.3 Å². The topological polar surface area (TPSA) is 81.0 Å². The second-order valence-corrected chi connectivity index (χ2v) is 3.63. The van der Waals surface area contributed by atoms with E-state index in [-0.39, 0.29) is 6.61 Å². The third kappa shape index (κ3) is 2.63. The number of nitrogens with one attached hydrogen (secondary N) is 1. The SMILES string of the molecule is Cc1[nH]c(COC(N)=O)nc1-c1ccccc1. The zero-order chi connectivity index (χ0) is 12.3. The fourth-order valence-corrected chi connectivity index (χ4v) is 1.61. The van der Waals surface area contributed by atoms with E-state index < -0.39 is 6.09 Å². The van der Waals surface area contributed by atoms with E-state index in [9.17, 15) is 4.79 Å². The molecule has 3 N–H and O–H groups in total. The fraction of sp³-hybridized carbons (Fsp3) is 0.167. The molecule has 1 aromatic carbocycles. The minimum atomic E-state index is -0.805. The lowest BCUT2D eigenvalue weighted by Gasteiger charge is -1.97. The first-order chi connectivity index (χ1) is 8.16. The van der Waals surface area contributed by atoms with Crippen molar-refractivity contribution in [3.05, 3.63) is 41.9 Å². The summed E-state index contributed by atoms with van der Waals surface area (Å²) in [5.41, 5.74) is 7.70. The Morgan fingerprint density at radius 2 is 2.12 bits per heavy atom. The lowest BCUT2D eigenvalue weighted by atomic mass is 10.1. The van der Waals surface area contributed by atoms with Gasteiger partial charge < -0.3 is 15.5 Å². The minimum Gasteiger partial charge on any atom is -0.442 e. The van der Waals surface area contributed by atoms with E-state index in [0.29, 0.717) is 5.82 Å². The highest BCUT2D eigenvalue weighted by molar-refractivity contribution is 5.64. The summed E-state index contributed by atoms with van der Waals surface area (Å²) in [6, 6.07) is 9.79. The number of carbonyl (C=O) groups is 1. The van der Waals surface area contributed by atoms with E-state index in [4.69, 9.17) is 5.73 Å². The molecule has 0 saturated carbocycles. The van der Waals surface area contributed by atoms with Gasteiger partial charge in [0.1, 0.15) is 5.82 Å². The van der Waals surface area contributed by atoms with Crippen molar-refractivity contribution in [2.75, 3.05) is 0 Å². The maximum absolute atomic E-state index is 10.5. The number of rotatable bonds is 3. The first-order valence-electron chi connectivity index (χ1n) is 5.20. The molecule has 2 aromatic rings. The van der Waals surface area contributed by atoms with E-state index in [1.807, 2.05) is 37.3 Å². The molecular weight excluding hydrogens is 218 g/mol. The van der Waals surface area contributed by atoms with Crippen molar-refractivity contribution >= 4 is 6.09 Å². The van der Waals surface area contributed by atoms with Crippen LogP contribution in [0.5, 0.6) is 0 Å². The highest BCUT2D eigenvalue weighted by Gasteiger charge is 2.09. The van der Waals surface area contributed by atoms with Crippen molar-refractivity contribution in [3.63, 3.8) is 0 Å². The van der Waals surface area contributed by atoms with Crippen molar-refractivity contribution in [1.82, 2.24) is 9.97 Å². The third-order valence-corrected chi connectivity index (χ3v) is 2.33. The molecule has 0 atom stereocenters. The van der Waals surface area contributed by atoms with Crippen LogP contribution < -0.4 is 5.73 Å². The number of H-pyrrole nitrogens is 1. The van der Waals surface area contributed by atoms with Gasteiger partial charge in [-0.05, 0) is 6.92 Å². The second-order valence-electron chi connectivity index (χ2n) is 3.63. The summed E-state index contributed by atoms with van der Waals surface area (Å²) in [5, 5.41) is 0. The molecule has 5 heteroatoms. The van der Waals surface area contributed by atoms with Crippen molar-refractivity contribution < 1.29 is 9.53 Å². The molecule has 1 heterocycles. The molecular formula is C12H13N3O2. The van der Waals surface area contributed by atoms with Crippen LogP contribution in [0.3, 0.4) is 0 Å². The van der Waals surface area contributed by atoms with Crippen LogP contribution in [0, 0.1) is 6.92 Å². The Bertz CT molecular complexity index is 520. The zero-order valence-corrected chi connectivity index (χ0v) is 9.43. The van der Waals surface area contributed by atoms with Crippen LogP contribution in [-0.4, -0.2) is 16.1 Å². The molecule has 0 radical (unpaired) electrons. The van der Waals surface area contributed by atoms with Crippen molar-refractivity contribution in [3.8, 4) is 11.3 Å². The molecule has 0 aliphatic carbocycles. The number of imidazole rings is 1. The highest BCUT2D eigenvalue weighted by Crippen LogP contribution is 2.20. The van der Waals surface area contributed by atoms with Gasteiger partial charge in [-0.2, -0.15) is 0 Å². The molecule has 0 unspecified atom stereocenters. The third-order valence-electron chi connectivity index (χ3n) is 2.33. The van der Waals surface area contributed by atoms with Gasteiger partial charge in [0.15, 0.2) is 6.61 Å². The number of hydrogen-bond donors (Lipinski definition) is 2. The number of hydrogen-bond acceptors (Lipinski definition) is 3. The Morgan fingerprint density at radius 1 is 1.41 bits per heavy atom. The van der Waals surface area contributed by atoms with E-state index in [1.54, 1.807) is 0 Å². The second kappa shape index (κ2) is 4.69.